The van der Waals surface area contributed by atoms with Crippen molar-refractivity contribution >= 4 is 23.4 Å². The first-order chi connectivity index (χ1) is 11.2. The minimum absolute atomic E-state index is 0.0252. The van der Waals surface area contributed by atoms with Crippen molar-refractivity contribution in [3.63, 3.8) is 0 Å². The SMILES string of the molecule is O=C1[C@H](Sc2nncn2C2CC2)CCCN1c1cccc(F)c1. The van der Waals surface area contributed by atoms with Gasteiger partial charge in [-0.1, -0.05) is 17.8 Å². The van der Waals surface area contributed by atoms with E-state index in [9.17, 15) is 9.18 Å². The molecular formula is C16H17FN4OS. The smallest absolute Gasteiger partial charge is 0.240 e. The van der Waals surface area contributed by atoms with Gasteiger partial charge in [-0.05, 0) is 43.9 Å². The summed E-state index contributed by atoms with van der Waals surface area (Å²) in [6.45, 7) is 0.634. The fourth-order valence-electron chi connectivity index (χ4n) is 2.90. The topological polar surface area (TPSA) is 51.0 Å². The van der Waals surface area contributed by atoms with Crippen LogP contribution in [0.15, 0.2) is 35.7 Å². The van der Waals surface area contributed by atoms with Gasteiger partial charge in [-0.25, -0.2) is 4.39 Å². The number of carbonyl (C=O) groups is 1. The van der Waals surface area contributed by atoms with Crippen molar-refractivity contribution in [2.45, 2.75) is 42.1 Å². The van der Waals surface area contributed by atoms with Crippen LogP contribution in [0, 0.1) is 5.82 Å². The lowest BCUT2D eigenvalue weighted by Crippen LogP contribution is -2.43. The van der Waals surface area contributed by atoms with Crippen molar-refractivity contribution in [3.8, 4) is 0 Å². The van der Waals surface area contributed by atoms with Crippen LogP contribution in [0.2, 0.25) is 0 Å². The average Bonchev–Trinajstić information content (AvgIpc) is 3.29. The van der Waals surface area contributed by atoms with Crippen LogP contribution in [0.1, 0.15) is 31.7 Å². The summed E-state index contributed by atoms with van der Waals surface area (Å²) >= 11 is 1.48. The van der Waals surface area contributed by atoms with Crippen molar-refractivity contribution in [1.29, 1.82) is 0 Å². The van der Waals surface area contributed by atoms with E-state index in [1.807, 2.05) is 0 Å². The summed E-state index contributed by atoms with van der Waals surface area (Å²) in [6, 6.07) is 6.71. The third-order valence-electron chi connectivity index (χ3n) is 4.24. The molecule has 0 radical (unpaired) electrons. The predicted octanol–water partition coefficient (Wildman–Crippen LogP) is 3.04. The van der Waals surface area contributed by atoms with E-state index in [2.05, 4.69) is 14.8 Å². The molecule has 1 saturated heterocycles. The van der Waals surface area contributed by atoms with Gasteiger partial charge in [0.25, 0.3) is 0 Å². The molecule has 0 bridgehead atoms. The molecule has 7 heteroatoms. The summed E-state index contributed by atoms with van der Waals surface area (Å²) in [5.74, 6) is -0.296. The highest BCUT2D eigenvalue weighted by molar-refractivity contribution is 8.00. The van der Waals surface area contributed by atoms with E-state index in [1.165, 1.54) is 23.9 Å². The minimum Gasteiger partial charge on any atom is -0.311 e. The van der Waals surface area contributed by atoms with Gasteiger partial charge < -0.3 is 9.47 Å². The molecule has 1 aromatic carbocycles. The Morgan fingerprint density at radius 2 is 2.13 bits per heavy atom. The molecule has 1 saturated carbocycles. The molecule has 23 heavy (non-hydrogen) atoms. The number of halogens is 1. The highest BCUT2D eigenvalue weighted by Gasteiger charge is 2.33. The second-order valence-electron chi connectivity index (χ2n) is 5.97. The lowest BCUT2D eigenvalue weighted by atomic mass is 10.1. The van der Waals surface area contributed by atoms with Gasteiger partial charge >= 0.3 is 0 Å². The van der Waals surface area contributed by atoms with Crippen LogP contribution in [0.4, 0.5) is 10.1 Å². The van der Waals surface area contributed by atoms with Gasteiger partial charge in [-0.3, -0.25) is 4.79 Å². The van der Waals surface area contributed by atoms with Gasteiger partial charge in [0.1, 0.15) is 12.1 Å². The Labute approximate surface area is 137 Å². The molecule has 2 aromatic rings. The molecule has 2 fully saturated rings. The first kappa shape index (κ1) is 14.7. The molecule has 1 aromatic heterocycles. The van der Waals surface area contributed by atoms with E-state index >= 15 is 0 Å². The van der Waals surface area contributed by atoms with Gasteiger partial charge in [-0.2, -0.15) is 0 Å². The van der Waals surface area contributed by atoms with Crippen LogP contribution in [-0.4, -0.2) is 32.5 Å². The molecule has 0 spiro atoms. The van der Waals surface area contributed by atoms with Crippen LogP contribution in [0.5, 0.6) is 0 Å². The van der Waals surface area contributed by atoms with E-state index in [1.54, 1.807) is 23.4 Å². The molecular weight excluding hydrogens is 315 g/mol. The van der Waals surface area contributed by atoms with Gasteiger partial charge in [0.15, 0.2) is 5.16 Å². The number of benzene rings is 1. The Balaban J connectivity index is 1.53. The molecule has 1 atom stereocenters. The third-order valence-corrected chi connectivity index (χ3v) is 5.46. The molecule has 0 unspecified atom stereocenters. The van der Waals surface area contributed by atoms with Crippen molar-refractivity contribution in [2.75, 3.05) is 11.4 Å². The van der Waals surface area contributed by atoms with E-state index in [-0.39, 0.29) is 17.0 Å². The van der Waals surface area contributed by atoms with E-state index in [0.717, 1.165) is 30.8 Å². The monoisotopic (exact) mass is 332 g/mol. The number of amides is 1. The first-order valence-electron chi connectivity index (χ1n) is 7.85. The third kappa shape index (κ3) is 2.97. The quantitative estimate of drug-likeness (QED) is 0.863. The number of rotatable bonds is 4. The predicted molar refractivity (Wildman–Crippen MR) is 85.9 cm³/mol. The van der Waals surface area contributed by atoms with E-state index < -0.39 is 0 Å². The van der Waals surface area contributed by atoms with Crippen LogP contribution < -0.4 is 4.90 Å². The molecule has 0 N–H and O–H groups in total. The van der Waals surface area contributed by atoms with Crippen molar-refractivity contribution < 1.29 is 9.18 Å². The van der Waals surface area contributed by atoms with Crippen molar-refractivity contribution in [1.82, 2.24) is 14.8 Å². The Hall–Kier alpha value is -1.89. The van der Waals surface area contributed by atoms with Gasteiger partial charge in [0.05, 0.1) is 5.25 Å². The number of carbonyl (C=O) groups excluding carboxylic acids is 1. The highest BCUT2D eigenvalue weighted by Crippen LogP contribution is 2.39. The molecule has 2 heterocycles. The van der Waals surface area contributed by atoms with Crippen molar-refractivity contribution in [3.05, 3.63) is 36.4 Å². The Kier molecular flexibility index (Phi) is 3.80. The Morgan fingerprint density at radius 3 is 2.91 bits per heavy atom. The average molecular weight is 332 g/mol. The van der Waals surface area contributed by atoms with Crippen LogP contribution in [0.3, 0.4) is 0 Å². The molecule has 1 aliphatic carbocycles. The van der Waals surface area contributed by atoms with Crippen molar-refractivity contribution in [2.24, 2.45) is 0 Å². The maximum Gasteiger partial charge on any atom is 0.240 e. The Morgan fingerprint density at radius 1 is 1.26 bits per heavy atom. The summed E-state index contributed by atoms with van der Waals surface area (Å²) in [4.78, 5) is 14.5. The summed E-state index contributed by atoms with van der Waals surface area (Å²) in [6.07, 6.45) is 5.77. The number of hydrogen-bond donors (Lipinski definition) is 0. The zero-order chi connectivity index (χ0) is 15.8. The van der Waals surface area contributed by atoms with Gasteiger partial charge in [0, 0.05) is 18.3 Å². The number of nitrogens with zero attached hydrogens (tertiary/aromatic N) is 4. The van der Waals surface area contributed by atoms with Crippen LogP contribution >= 0.6 is 11.8 Å². The molecule has 1 amide bonds. The maximum absolute atomic E-state index is 13.4. The zero-order valence-corrected chi connectivity index (χ0v) is 13.4. The lowest BCUT2D eigenvalue weighted by molar-refractivity contribution is -0.119. The second-order valence-corrected chi connectivity index (χ2v) is 7.14. The second kappa shape index (κ2) is 5.96. The zero-order valence-electron chi connectivity index (χ0n) is 12.6. The number of piperidine rings is 1. The normalized spacial score (nSPS) is 21.7. The van der Waals surface area contributed by atoms with Gasteiger partial charge in [-0.15, -0.1) is 10.2 Å². The van der Waals surface area contributed by atoms with Gasteiger partial charge in [0.2, 0.25) is 5.91 Å². The number of hydrogen-bond acceptors (Lipinski definition) is 4. The van der Waals surface area contributed by atoms with Crippen LogP contribution in [-0.2, 0) is 4.79 Å². The summed E-state index contributed by atoms with van der Waals surface area (Å²) < 4.78 is 15.5. The molecule has 2 aliphatic rings. The first-order valence-corrected chi connectivity index (χ1v) is 8.73. The standard InChI is InChI=1S/C16H17FN4OS/c17-11-3-1-4-13(9-11)20-8-2-5-14(15(20)22)23-16-19-18-10-21(16)12-6-7-12/h1,3-4,9-10,12,14H,2,5-8H2/t14-/m1/s1. The maximum atomic E-state index is 13.4. The van der Waals surface area contributed by atoms with E-state index in [4.69, 9.17) is 0 Å². The minimum atomic E-state index is -0.321. The Bertz CT molecular complexity index is 730. The number of aromatic nitrogens is 3. The molecule has 5 nitrogen and oxygen atoms in total. The van der Waals surface area contributed by atoms with E-state index in [0.29, 0.717) is 18.3 Å². The molecule has 4 rings (SSSR count). The summed E-state index contributed by atoms with van der Waals surface area (Å²) in [7, 11) is 0. The molecule has 1 aliphatic heterocycles. The largest absolute Gasteiger partial charge is 0.311 e. The van der Waals surface area contributed by atoms with Crippen LogP contribution in [0.25, 0.3) is 0 Å². The summed E-state index contributed by atoms with van der Waals surface area (Å²) in [5.41, 5.74) is 0.629. The number of anilines is 1. The summed E-state index contributed by atoms with van der Waals surface area (Å²) in [5, 5.41) is 8.77. The highest BCUT2D eigenvalue weighted by atomic mass is 32.2. The fourth-order valence-corrected chi connectivity index (χ4v) is 4.08. The fraction of sp³-hybridized carbons (Fsp3) is 0.438. The lowest BCUT2D eigenvalue weighted by Gasteiger charge is -2.31. The molecule has 120 valence electrons. The number of thioether (sulfide) groups is 1.